The summed E-state index contributed by atoms with van der Waals surface area (Å²) in [6.45, 7) is 0. The number of amides is 1. The minimum Gasteiger partial charge on any atom is -0.456 e. The number of nitrogen functional groups attached to an aromatic ring is 2. The van der Waals surface area contributed by atoms with E-state index in [1.165, 1.54) is 5.01 Å². The van der Waals surface area contributed by atoms with E-state index in [9.17, 15) is 9.59 Å². The largest absolute Gasteiger partial charge is 0.456 e. The number of nitrogens with two attached hydrogens (primary N) is 2. The van der Waals surface area contributed by atoms with Crippen LogP contribution in [0.5, 0.6) is 11.5 Å². The molecule has 0 unspecified atom stereocenters. The first kappa shape index (κ1) is 17.0. The van der Waals surface area contributed by atoms with Crippen molar-refractivity contribution in [3.8, 4) is 11.5 Å². The van der Waals surface area contributed by atoms with E-state index in [1.807, 2.05) is 24.3 Å². The molecule has 0 atom stereocenters. The highest BCUT2D eigenvalue weighted by Gasteiger charge is 2.56. The zero-order chi connectivity index (χ0) is 20.2. The number of hydrazone groups is 1. The number of rotatable bonds is 2. The minimum absolute atomic E-state index is 0.314. The van der Waals surface area contributed by atoms with Crippen LogP contribution >= 0.6 is 0 Å². The Balaban J connectivity index is 1.95. The lowest BCUT2D eigenvalue weighted by molar-refractivity contribution is -0.102. The lowest BCUT2D eigenvalue weighted by Crippen LogP contribution is -2.44. The first-order valence-electron chi connectivity index (χ1n) is 8.97. The smallest absolute Gasteiger partial charge is 0.275 e. The Morgan fingerprint density at radius 1 is 0.897 bits per heavy atom. The van der Waals surface area contributed by atoms with Crippen molar-refractivity contribution < 1.29 is 14.3 Å². The lowest BCUT2D eigenvalue weighted by atomic mass is 9.75. The van der Waals surface area contributed by atoms with Gasteiger partial charge in [0.1, 0.15) is 17.0 Å². The van der Waals surface area contributed by atoms with E-state index in [0.29, 0.717) is 45.9 Å². The number of aldehydes is 1. The quantitative estimate of drug-likeness (QED) is 0.401. The molecule has 3 aromatic rings. The summed E-state index contributed by atoms with van der Waals surface area (Å²) < 4.78 is 6.11. The van der Waals surface area contributed by atoms with Gasteiger partial charge in [0, 0.05) is 45.8 Å². The molecule has 2 aliphatic heterocycles. The molecule has 0 aliphatic carbocycles. The first-order chi connectivity index (χ1) is 14.1. The third-order valence-corrected chi connectivity index (χ3v) is 5.31. The van der Waals surface area contributed by atoms with Crippen molar-refractivity contribution in [1.82, 2.24) is 5.01 Å². The molecule has 7 nitrogen and oxygen atoms in total. The summed E-state index contributed by atoms with van der Waals surface area (Å²) in [5, 5.41) is 5.56. The van der Waals surface area contributed by atoms with Gasteiger partial charge in [0.15, 0.2) is 6.29 Å². The average Bonchev–Trinajstić information content (AvgIpc) is 2.95. The van der Waals surface area contributed by atoms with Gasteiger partial charge in [-0.15, -0.1) is 0 Å². The zero-order valence-corrected chi connectivity index (χ0v) is 15.2. The predicted molar refractivity (Wildman–Crippen MR) is 109 cm³/mol. The summed E-state index contributed by atoms with van der Waals surface area (Å²) in [6.07, 6.45) is 1.60. The fourth-order valence-electron chi connectivity index (χ4n) is 4.22. The number of carbonyl (C=O) groups is 2. The maximum Gasteiger partial charge on any atom is 0.275 e. The monoisotopic (exact) mass is 384 g/mol. The van der Waals surface area contributed by atoms with Crippen LogP contribution < -0.4 is 16.2 Å². The number of fused-ring (bicyclic) bond motifs is 6. The number of hydrogen-bond acceptors (Lipinski definition) is 6. The second-order valence-corrected chi connectivity index (χ2v) is 6.89. The predicted octanol–water partition coefficient (Wildman–Crippen LogP) is 2.89. The van der Waals surface area contributed by atoms with Gasteiger partial charge in [-0.2, -0.15) is 5.10 Å². The molecule has 29 heavy (non-hydrogen) atoms. The lowest BCUT2D eigenvalue weighted by Gasteiger charge is -2.41. The second-order valence-electron chi connectivity index (χ2n) is 6.89. The molecule has 1 spiro atoms. The zero-order valence-electron chi connectivity index (χ0n) is 15.2. The summed E-state index contributed by atoms with van der Waals surface area (Å²) >= 11 is 0. The molecule has 142 valence electrons. The van der Waals surface area contributed by atoms with Crippen LogP contribution in [-0.4, -0.2) is 23.4 Å². The van der Waals surface area contributed by atoms with Gasteiger partial charge in [-0.05, 0) is 18.2 Å². The Morgan fingerprint density at radius 3 is 2.14 bits per heavy atom. The molecule has 0 aromatic heterocycles. The van der Waals surface area contributed by atoms with Crippen LogP contribution in [0.15, 0.2) is 65.8 Å². The molecule has 0 fully saturated rings. The number of hydrogen-bond donors (Lipinski definition) is 2. The van der Waals surface area contributed by atoms with Crippen LogP contribution in [0.25, 0.3) is 0 Å². The third-order valence-electron chi connectivity index (χ3n) is 5.31. The van der Waals surface area contributed by atoms with Crippen molar-refractivity contribution >= 4 is 29.8 Å². The molecular formula is C22H16N4O3. The summed E-state index contributed by atoms with van der Waals surface area (Å²) in [4.78, 5) is 24.4. The van der Waals surface area contributed by atoms with Crippen LogP contribution in [0.4, 0.5) is 11.4 Å². The number of carbonyl (C=O) groups excluding carboxylic acids is 2. The Bertz CT molecular complexity index is 1170. The molecule has 0 bridgehead atoms. The molecule has 1 amide bonds. The van der Waals surface area contributed by atoms with Crippen molar-refractivity contribution in [2.24, 2.45) is 5.10 Å². The molecule has 2 heterocycles. The van der Waals surface area contributed by atoms with E-state index in [2.05, 4.69) is 5.10 Å². The fourth-order valence-corrected chi connectivity index (χ4v) is 4.22. The molecule has 0 radical (unpaired) electrons. The maximum absolute atomic E-state index is 13.3. The minimum atomic E-state index is -1.11. The standard InChI is InChI=1S/C22H16N4O3/c23-13-5-7-17-19(11-13)29-20-12-14(24)6-8-18(20)22(17)16-4-2-1-3-15(16)21(28)26(22)25-9-10-27/h1-12H,23-24H2. The highest BCUT2D eigenvalue weighted by molar-refractivity contribution is 6.13. The first-order valence-corrected chi connectivity index (χ1v) is 8.97. The van der Waals surface area contributed by atoms with Gasteiger partial charge < -0.3 is 16.2 Å². The maximum atomic E-state index is 13.3. The molecule has 7 heteroatoms. The fraction of sp³-hybridized carbons (Fsp3) is 0.0455. The normalized spacial score (nSPS) is 15.7. The van der Waals surface area contributed by atoms with E-state index in [4.69, 9.17) is 16.2 Å². The van der Waals surface area contributed by atoms with Crippen LogP contribution in [0, 0.1) is 0 Å². The number of nitrogens with zero attached hydrogens (tertiary/aromatic N) is 2. The molecule has 4 N–H and O–H groups in total. The van der Waals surface area contributed by atoms with Gasteiger partial charge in [0.2, 0.25) is 0 Å². The molecule has 0 saturated carbocycles. The second kappa shape index (κ2) is 5.93. The Hall–Kier alpha value is -4.13. The Morgan fingerprint density at radius 2 is 1.52 bits per heavy atom. The molecule has 0 saturated heterocycles. The highest BCUT2D eigenvalue weighted by atomic mass is 16.5. The van der Waals surface area contributed by atoms with Crippen LogP contribution in [0.3, 0.4) is 0 Å². The van der Waals surface area contributed by atoms with Gasteiger partial charge in [0.25, 0.3) is 5.91 Å². The molecule has 5 rings (SSSR count). The summed E-state index contributed by atoms with van der Waals surface area (Å²) in [6, 6.07) is 17.8. The van der Waals surface area contributed by atoms with Gasteiger partial charge in [-0.25, -0.2) is 5.01 Å². The number of ether oxygens (including phenoxy) is 1. The molecular weight excluding hydrogens is 368 g/mol. The molecule has 2 aliphatic rings. The summed E-state index contributed by atoms with van der Waals surface area (Å²) in [5.74, 6) is 0.684. The molecule has 3 aromatic carbocycles. The van der Waals surface area contributed by atoms with Gasteiger partial charge in [-0.1, -0.05) is 30.3 Å². The third kappa shape index (κ3) is 2.15. The number of anilines is 2. The SMILES string of the molecule is Nc1ccc2c(c1)Oc1cc(N)ccc1C21c2ccccc2C(=O)N1N=CC=O. The van der Waals surface area contributed by atoms with Crippen LogP contribution in [0.2, 0.25) is 0 Å². The van der Waals surface area contributed by atoms with Crippen molar-refractivity contribution in [2.45, 2.75) is 5.54 Å². The van der Waals surface area contributed by atoms with E-state index >= 15 is 0 Å². The average molecular weight is 384 g/mol. The van der Waals surface area contributed by atoms with E-state index in [-0.39, 0.29) is 5.91 Å². The van der Waals surface area contributed by atoms with Gasteiger partial charge in [0.05, 0.1) is 6.21 Å². The van der Waals surface area contributed by atoms with Gasteiger partial charge in [-0.3, -0.25) is 9.59 Å². The Kier molecular flexibility index (Phi) is 3.48. The van der Waals surface area contributed by atoms with Gasteiger partial charge >= 0.3 is 0 Å². The van der Waals surface area contributed by atoms with Crippen molar-refractivity contribution in [3.63, 3.8) is 0 Å². The Labute approximate surface area is 166 Å². The van der Waals surface area contributed by atoms with E-state index in [1.54, 1.807) is 36.4 Å². The summed E-state index contributed by atoms with van der Waals surface area (Å²) in [5.41, 5.74) is 14.6. The van der Waals surface area contributed by atoms with E-state index in [0.717, 1.165) is 11.8 Å². The van der Waals surface area contributed by atoms with Crippen LogP contribution in [-0.2, 0) is 10.3 Å². The van der Waals surface area contributed by atoms with Crippen molar-refractivity contribution in [1.29, 1.82) is 0 Å². The van der Waals surface area contributed by atoms with Crippen LogP contribution in [0.1, 0.15) is 27.0 Å². The number of benzene rings is 3. The highest BCUT2D eigenvalue weighted by Crippen LogP contribution is 2.57. The van der Waals surface area contributed by atoms with E-state index < -0.39 is 5.54 Å². The van der Waals surface area contributed by atoms with Crippen molar-refractivity contribution in [3.05, 3.63) is 82.9 Å². The topological polar surface area (TPSA) is 111 Å². The van der Waals surface area contributed by atoms with Crippen molar-refractivity contribution in [2.75, 3.05) is 11.5 Å². The summed E-state index contributed by atoms with van der Waals surface area (Å²) in [7, 11) is 0.